The molecule has 0 fully saturated rings. The molecule has 1 rings (SSSR count). The van der Waals surface area contributed by atoms with Crippen LogP contribution in [-0.4, -0.2) is 50.8 Å². The zero-order valence-electron chi connectivity index (χ0n) is 14.3. The van der Waals surface area contributed by atoms with Crippen LogP contribution in [0.5, 0.6) is 0 Å². The molecule has 0 aliphatic rings. The van der Waals surface area contributed by atoms with E-state index >= 15 is 0 Å². The van der Waals surface area contributed by atoms with Crippen molar-refractivity contribution in [3.8, 4) is 0 Å². The van der Waals surface area contributed by atoms with Crippen LogP contribution in [0, 0.1) is 0 Å². The lowest BCUT2D eigenvalue weighted by atomic mass is 10.0. The molecule has 0 radical (unpaired) electrons. The Hall–Kier alpha value is -1.60. The van der Waals surface area contributed by atoms with Crippen molar-refractivity contribution in [2.24, 2.45) is 0 Å². The van der Waals surface area contributed by atoms with E-state index in [2.05, 4.69) is 29.1 Å². The molecule has 1 aromatic rings. The quantitative estimate of drug-likeness (QED) is 0.699. The Labute approximate surface area is 141 Å². The summed E-state index contributed by atoms with van der Waals surface area (Å²) in [7, 11) is 3.83. The second kappa shape index (κ2) is 9.64. The van der Waals surface area contributed by atoms with E-state index in [4.69, 9.17) is 0 Å². The normalized spacial score (nSPS) is 13.1. The van der Waals surface area contributed by atoms with Crippen molar-refractivity contribution in [1.29, 1.82) is 0 Å². The monoisotopic (exact) mass is 346 g/mol. The molecular formula is C17H25F3N2O2. The Bertz CT molecular complexity index is 502. The molecule has 1 aromatic carbocycles. The van der Waals surface area contributed by atoms with Crippen LogP contribution in [-0.2, 0) is 16.0 Å². The van der Waals surface area contributed by atoms with E-state index in [1.54, 1.807) is 0 Å². The van der Waals surface area contributed by atoms with Crippen molar-refractivity contribution in [3.05, 3.63) is 35.4 Å². The molecule has 0 saturated heterocycles. The van der Waals surface area contributed by atoms with Gasteiger partial charge in [0.25, 0.3) is 0 Å². The van der Waals surface area contributed by atoms with Crippen LogP contribution >= 0.6 is 0 Å². The fraction of sp³-hybridized carbons (Fsp3) is 0.588. The number of nitrogens with zero attached hydrogens (tertiary/aromatic N) is 1. The Morgan fingerprint density at radius 2 is 1.88 bits per heavy atom. The Balaban J connectivity index is 2.44. The van der Waals surface area contributed by atoms with Gasteiger partial charge in [0, 0.05) is 13.0 Å². The summed E-state index contributed by atoms with van der Waals surface area (Å²) in [4.78, 5) is 13.7. The van der Waals surface area contributed by atoms with Gasteiger partial charge in [-0.1, -0.05) is 31.2 Å². The summed E-state index contributed by atoms with van der Waals surface area (Å²) in [5.41, 5.74) is 2.31. The van der Waals surface area contributed by atoms with Crippen LogP contribution in [0.25, 0.3) is 0 Å². The number of hydrogen-bond acceptors (Lipinski definition) is 3. The van der Waals surface area contributed by atoms with Gasteiger partial charge in [-0.3, -0.25) is 4.79 Å². The summed E-state index contributed by atoms with van der Waals surface area (Å²) in [5, 5.41) is 2.75. The number of aryl methyl sites for hydroxylation is 1. The lowest BCUT2D eigenvalue weighted by Gasteiger charge is -2.25. The average molecular weight is 346 g/mol. The third kappa shape index (κ3) is 7.79. The molecular weight excluding hydrogens is 321 g/mol. The van der Waals surface area contributed by atoms with E-state index in [1.165, 1.54) is 5.56 Å². The molecule has 136 valence electrons. The first-order chi connectivity index (χ1) is 11.2. The molecule has 0 heterocycles. The molecule has 0 aliphatic carbocycles. The minimum atomic E-state index is -4.36. The summed E-state index contributed by atoms with van der Waals surface area (Å²) in [6.07, 6.45) is -3.50. The molecule has 4 nitrogen and oxygen atoms in total. The molecule has 0 aromatic heterocycles. The van der Waals surface area contributed by atoms with E-state index in [-0.39, 0.29) is 25.0 Å². The van der Waals surface area contributed by atoms with Crippen molar-refractivity contribution in [2.45, 2.75) is 32.0 Å². The molecule has 0 aliphatic heterocycles. The smallest absolute Gasteiger partial charge is 0.372 e. The van der Waals surface area contributed by atoms with Gasteiger partial charge >= 0.3 is 6.18 Å². The number of alkyl halides is 3. The average Bonchev–Trinajstić information content (AvgIpc) is 2.51. The third-order valence-corrected chi connectivity index (χ3v) is 3.63. The fourth-order valence-electron chi connectivity index (χ4n) is 2.23. The first-order valence-corrected chi connectivity index (χ1v) is 7.89. The Morgan fingerprint density at radius 1 is 1.25 bits per heavy atom. The van der Waals surface area contributed by atoms with Crippen LogP contribution in [0.3, 0.4) is 0 Å². The zero-order valence-corrected chi connectivity index (χ0v) is 14.3. The number of ether oxygens (including phenoxy) is 1. The lowest BCUT2D eigenvalue weighted by molar-refractivity contribution is -0.174. The summed E-state index contributed by atoms with van der Waals surface area (Å²) < 4.78 is 40.2. The fourth-order valence-corrected chi connectivity index (χ4v) is 2.23. The number of amides is 1. The zero-order chi connectivity index (χ0) is 18.2. The number of halogens is 3. The maximum atomic E-state index is 11.9. The summed E-state index contributed by atoms with van der Waals surface area (Å²) >= 11 is 0. The number of rotatable bonds is 9. The maximum Gasteiger partial charge on any atom is 0.411 e. The van der Waals surface area contributed by atoms with Crippen LogP contribution in [0.2, 0.25) is 0 Å². The number of nitrogens with one attached hydrogen (secondary N) is 1. The number of likely N-dealkylation sites (N-methyl/N-ethyl adjacent to an activating group) is 1. The molecule has 24 heavy (non-hydrogen) atoms. The Morgan fingerprint density at radius 3 is 2.38 bits per heavy atom. The van der Waals surface area contributed by atoms with Crippen LogP contribution in [0.1, 0.15) is 30.5 Å². The molecule has 1 amide bonds. The van der Waals surface area contributed by atoms with Gasteiger partial charge in [-0.05, 0) is 31.6 Å². The maximum absolute atomic E-state index is 11.9. The van der Waals surface area contributed by atoms with Crippen LogP contribution < -0.4 is 5.32 Å². The van der Waals surface area contributed by atoms with E-state index in [0.717, 1.165) is 12.0 Å². The number of benzene rings is 1. The second-order valence-corrected chi connectivity index (χ2v) is 5.80. The van der Waals surface area contributed by atoms with E-state index < -0.39 is 12.8 Å². The molecule has 1 atom stereocenters. The SMILES string of the molecule is CCc1ccc(C(CNC(=O)CCOCC(F)(F)F)N(C)C)cc1. The van der Waals surface area contributed by atoms with Crippen LogP contribution in [0.15, 0.2) is 24.3 Å². The highest BCUT2D eigenvalue weighted by atomic mass is 19.4. The van der Waals surface area contributed by atoms with Gasteiger partial charge < -0.3 is 15.0 Å². The van der Waals surface area contributed by atoms with Crippen molar-refractivity contribution < 1.29 is 22.7 Å². The summed E-state index contributed by atoms with van der Waals surface area (Å²) in [6.45, 7) is 0.893. The van der Waals surface area contributed by atoms with Gasteiger partial charge in [0.2, 0.25) is 5.91 Å². The van der Waals surface area contributed by atoms with Gasteiger partial charge in [0.05, 0.1) is 12.6 Å². The second-order valence-electron chi connectivity index (χ2n) is 5.80. The summed E-state index contributed by atoms with van der Waals surface area (Å²) in [5.74, 6) is -0.325. The molecule has 1 unspecified atom stereocenters. The van der Waals surface area contributed by atoms with Crippen molar-refractivity contribution in [2.75, 3.05) is 33.9 Å². The third-order valence-electron chi connectivity index (χ3n) is 3.63. The predicted octanol–water partition coefficient (Wildman–Crippen LogP) is 2.94. The number of carbonyl (C=O) groups excluding carboxylic acids is 1. The molecule has 7 heteroatoms. The topological polar surface area (TPSA) is 41.6 Å². The molecule has 0 spiro atoms. The standard InChI is InChI=1S/C17H25F3N2O2/c1-4-13-5-7-14(8-6-13)15(22(2)3)11-21-16(23)9-10-24-12-17(18,19)20/h5-8,15H,4,9-12H2,1-3H3,(H,21,23). The molecule has 0 bridgehead atoms. The lowest BCUT2D eigenvalue weighted by Crippen LogP contribution is -2.35. The van der Waals surface area contributed by atoms with E-state index in [1.807, 2.05) is 31.1 Å². The van der Waals surface area contributed by atoms with Crippen molar-refractivity contribution in [1.82, 2.24) is 10.2 Å². The highest BCUT2D eigenvalue weighted by Gasteiger charge is 2.27. The first-order valence-electron chi connectivity index (χ1n) is 7.89. The van der Waals surface area contributed by atoms with Gasteiger partial charge in [0.1, 0.15) is 6.61 Å². The van der Waals surface area contributed by atoms with Crippen LogP contribution in [0.4, 0.5) is 13.2 Å². The van der Waals surface area contributed by atoms with Gasteiger partial charge in [-0.15, -0.1) is 0 Å². The number of carbonyl (C=O) groups is 1. The molecule has 1 N–H and O–H groups in total. The predicted molar refractivity (Wildman–Crippen MR) is 86.7 cm³/mol. The van der Waals surface area contributed by atoms with Crippen molar-refractivity contribution >= 4 is 5.91 Å². The highest BCUT2D eigenvalue weighted by molar-refractivity contribution is 5.76. The highest BCUT2D eigenvalue weighted by Crippen LogP contribution is 2.18. The number of hydrogen-bond donors (Lipinski definition) is 1. The summed E-state index contributed by atoms with van der Waals surface area (Å²) in [6, 6.07) is 8.16. The van der Waals surface area contributed by atoms with Crippen molar-refractivity contribution in [3.63, 3.8) is 0 Å². The van der Waals surface area contributed by atoms with E-state index in [0.29, 0.717) is 6.54 Å². The van der Waals surface area contributed by atoms with Gasteiger partial charge in [-0.2, -0.15) is 13.2 Å². The molecule has 0 saturated carbocycles. The Kier molecular flexibility index (Phi) is 8.21. The van der Waals surface area contributed by atoms with Gasteiger partial charge in [-0.25, -0.2) is 0 Å². The van der Waals surface area contributed by atoms with Gasteiger partial charge in [0.15, 0.2) is 0 Å². The minimum Gasteiger partial charge on any atom is -0.372 e. The first kappa shape index (κ1) is 20.4. The van der Waals surface area contributed by atoms with E-state index in [9.17, 15) is 18.0 Å². The largest absolute Gasteiger partial charge is 0.411 e. The minimum absolute atomic E-state index is 0.00375.